The minimum Gasteiger partial charge on any atom is -0.488 e. The topological polar surface area (TPSA) is 83.1 Å². The summed E-state index contributed by atoms with van der Waals surface area (Å²) in [4.78, 5) is 23.9. The Morgan fingerprint density at radius 1 is 0.966 bits per heavy atom. The van der Waals surface area contributed by atoms with Crippen molar-refractivity contribution in [2.75, 3.05) is 40.5 Å². The molecule has 2 aromatic rings. The summed E-state index contributed by atoms with van der Waals surface area (Å²) in [5.41, 5.74) is 2.28. The number of carbonyl (C=O) groups is 2. The van der Waals surface area contributed by atoms with E-state index in [2.05, 4.69) is 5.32 Å². The first-order valence-electron chi connectivity index (χ1n) is 9.33. The van der Waals surface area contributed by atoms with Crippen LogP contribution in [-0.4, -0.2) is 52.5 Å². The lowest BCUT2D eigenvalue weighted by Gasteiger charge is -2.13. The number of esters is 2. The van der Waals surface area contributed by atoms with Crippen LogP contribution in [-0.2, 0) is 20.8 Å². The summed E-state index contributed by atoms with van der Waals surface area (Å²) in [6.07, 6.45) is 0. The molecule has 0 amide bonds. The van der Waals surface area contributed by atoms with Gasteiger partial charge in [-0.05, 0) is 24.6 Å². The number of ether oxygens (including phenoxy) is 4. The number of morpholine rings is 1. The van der Waals surface area contributed by atoms with Crippen LogP contribution in [0.3, 0.4) is 0 Å². The molecule has 0 radical (unpaired) electrons. The van der Waals surface area contributed by atoms with Crippen molar-refractivity contribution in [2.24, 2.45) is 0 Å². The van der Waals surface area contributed by atoms with Gasteiger partial charge in [0.15, 0.2) is 0 Å². The number of hydrogen-bond acceptors (Lipinski definition) is 7. The summed E-state index contributed by atoms with van der Waals surface area (Å²) in [5.74, 6) is -0.989. The fourth-order valence-electron chi connectivity index (χ4n) is 2.61. The average Bonchev–Trinajstić information content (AvgIpc) is 2.79. The largest absolute Gasteiger partial charge is 0.488 e. The third-order valence-corrected chi connectivity index (χ3v) is 4.18. The van der Waals surface area contributed by atoms with Crippen molar-refractivity contribution in [2.45, 2.75) is 13.5 Å². The molecule has 7 heteroatoms. The molecule has 29 heavy (non-hydrogen) atoms. The van der Waals surface area contributed by atoms with Gasteiger partial charge in [0, 0.05) is 13.1 Å². The monoisotopic (exact) mass is 401 g/mol. The number of nitrogens with one attached hydrogen (secondary N) is 1. The standard InChI is InChI=1S/C18H18O5.C4H9NO/c1-12-7-9-13(10-8-12)11-23-15-6-4-5-14(17(19)21-2)16(15)18(20)22-3;1-3-6-4-2-5-1/h4-10H,11H2,1-3H3;5H,1-4H2. The van der Waals surface area contributed by atoms with E-state index < -0.39 is 11.9 Å². The Kier molecular flexibility index (Phi) is 9.14. The van der Waals surface area contributed by atoms with Crippen molar-refractivity contribution in [3.63, 3.8) is 0 Å². The van der Waals surface area contributed by atoms with E-state index in [1.165, 1.54) is 20.3 Å². The number of aryl methyl sites for hydroxylation is 1. The van der Waals surface area contributed by atoms with Crippen LogP contribution in [0.5, 0.6) is 5.75 Å². The van der Waals surface area contributed by atoms with Crippen LogP contribution in [0.2, 0.25) is 0 Å². The highest BCUT2D eigenvalue weighted by Crippen LogP contribution is 2.25. The molecule has 0 atom stereocenters. The molecule has 7 nitrogen and oxygen atoms in total. The van der Waals surface area contributed by atoms with Gasteiger partial charge in [-0.1, -0.05) is 35.9 Å². The Hall–Kier alpha value is -2.90. The van der Waals surface area contributed by atoms with E-state index in [4.69, 9.17) is 18.9 Å². The Labute approximate surface area is 170 Å². The zero-order valence-electron chi connectivity index (χ0n) is 17.0. The first-order valence-corrected chi connectivity index (χ1v) is 9.33. The minimum atomic E-state index is -0.648. The van der Waals surface area contributed by atoms with Gasteiger partial charge in [0.1, 0.15) is 17.9 Å². The van der Waals surface area contributed by atoms with Crippen molar-refractivity contribution < 1.29 is 28.5 Å². The van der Waals surface area contributed by atoms with Gasteiger partial charge < -0.3 is 24.3 Å². The first kappa shape index (κ1) is 22.4. The number of benzene rings is 2. The third kappa shape index (κ3) is 6.89. The normalized spacial score (nSPS) is 12.9. The fraction of sp³-hybridized carbons (Fsp3) is 0.364. The molecule has 0 saturated carbocycles. The van der Waals surface area contributed by atoms with Crippen LogP contribution in [0, 0.1) is 6.92 Å². The summed E-state index contributed by atoms with van der Waals surface area (Å²) >= 11 is 0. The van der Waals surface area contributed by atoms with E-state index in [0.717, 1.165) is 37.4 Å². The summed E-state index contributed by atoms with van der Waals surface area (Å²) in [5, 5.41) is 3.16. The van der Waals surface area contributed by atoms with Crippen molar-refractivity contribution in [1.82, 2.24) is 5.32 Å². The summed E-state index contributed by atoms with van der Waals surface area (Å²) < 4.78 is 20.2. The van der Waals surface area contributed by atoms with Gasteiger partial charge in [-0.2, -0.15) is 0 Å². The Morgan fingerprint density at radius 3 is 2.14 bits per heavy atom. The predicted octanol–water partition coefficient (Wildman–Crippen LogP) is 2.75. The number of hydrogen-bond donors (Lipinski definition) is 1. The molecule has 0 aliphatic carbocycles. The van der Waals surface area contributed by atoms with Gasteiger partial charge in [0.25, 0.3) is 0 Å². The van der Waals surface area contributed by atoms with E-state index in [0.29, 0.717) is 0 Å². The molecule has 1 heterocycles. The average molecular weight is 401 g/mol. The number of methoxy groups -OCH3 is 2. The molecule has 1 aliphatic rings. The third-order valence-electron chi connectivity index (χ3n) is 4.18. The van der Waals surface area contributed by atoms with E-state index in [1.807, 2.05) is 31.2 Å². The number of rotatable bonds is 5. The van der Waals surface area contributed by atoms with Gasteiger partial charge in [-0.25, -0.2) is 9.59 Å². The lowest BCUT2D eigenvalue weighted by Crippen LogP contribution is -2.30. The highest BCUT2D eigenvalue weighted by atomic mass is 16.5. The first-order chi connectivity index (χ1) is 14.1. The molecule has 1 aliphatic heterocycles. The highest BCUT2D eigenvalue weighted by molar-refractivity contribution is 6.05. The van der Waals surface area contributed by atoms with Crippen molar-refractivity contribution in [3.8, 4) is 5.75 Å². The molecule has 2 aromatic carbocycles. The van der Waals surface area contributed by atoms with E-state index in [1.54, 1.807) is 12.1 Å². The molecular formula is C22H27NO6. The lowest BCUT2D eigenvalue weighted by atomic mass is 10.1. The molecule has 0 bridgehead atoms. The van der Waals surface area contributed by atoms with Crippen LogP contribution in [0.1, 0.15) is 31.8 Å². The van der Waals surface area contributed by atoms with E-state index >= 15 is 0 Å². The number of carbonyl (C=O) groups excluding carboxylic acids is 2. The van der Waals surface area contributed by atoms with Gasteiger partial charge in [0.05, 0.1) is 33.0 Å². The van der Waals surface area contributed by atoms with Gasteiger partial charge in [-0.3, -0.25) is 0 Å². The van der Waals surface area contributed by atoms with Gasteiger partial charge >= 0.3 is 11.9 Å². The van der Waals surface area contributed by atoms with Crippen LogP contribution in [0.25, 0.3) is 0 Å². The van der Waals surface area contributed by atoms with Gasteiger partial charge in [-0.15, -0.1) is 0 Å². The second-order valence-corrected chi connectivity index (χ2v) is 6.30. The molecule has 3 rings (SSSR count). The maximum absolute atomic E-state index is 12.0. The Bertz CT molecular complexity index is 788. The SMILES string of the molecule is C1COCCN1.COC(=O)c1cccc(OCc2ccc(C)cc2)c1C(=O)OC. The summed E-state index contributed by atoms with van der Waals surface area (Å²) in [6, 6.07) is 12.6. The van der Waals surface area contributed by atoms with Crippen LogP contribution in [0.4, 0.5) is 0 Å². The fourth-order valence-corrected chi connectivity index (χ4v) is 2.61. The maximum Gasteiger partial charge on any atom is 0.342 e. The van der Waals surface area contributed by atoms with Crippen LogP contribution < -0.4 is 10.1 Å². The molecule has 0 unspecified atom stereocenters. The van der Waals surface area contributed by atoms with Crippen LogP contribution >= 0.6 is 0 Å². The van der Waals surface area contributed by atoms with E-state index in [-0.39, 0.29) is 23.5 Å². The zero-order valence-corrected chi connectivity index (χ0v) is 17.0. The quantitative estimate of drug-likeness (QED) is 0.772. The molecule has 156 valence electrons. The molecule has 1 N–H and O–H groups in total. The molecular weight excluding hydrogens is 374 g/mol. The maximum atomic E-state index is 12.0. The van der Waals surface area contributed by atoms with Gasteiger partial charge in [0.2, 0.25) is 0 Å². The minimum absolute atomic E-state index is 0.0639. The second-order valence-electron chi connectivity index (χ2n) is 6.30. The molecule has 1 fully saturated rings. The predicted molar refractivity (Wildman–Crippen MR) is 108 cm³/mol. The smallest absolute Gasteiger partial charge is 0.342 e. The second kappa shape index (κ2) is 11.8. The lowest BCUT2D eigenvalue weighted by molar-refractivity contribution is 0.0550. The Morgan fingerprint density at radius 2 is 1.62 bits per heavy atom. The highest BCUT2D eigenvalue weighted by Gasteiger charge is 2.23. The van der Waals surface area contributed by atoms with Crippen molar-refractivity contribution in [3.05, 3.63) is 64.7 Å². The van der Waals surface area contributed by atoms with Crippen molar-refractivity contribution >= 4 is 11.9 Å². The van der Waals surface area contributed by atoms with E-state index in [9.17, 15) is 9.59 Å². The molecule has 1 saturated heterocycles. The van der Waals surface area contributed by atoms with Crippen LogP contribution in [0.15, 0.2) is 42.5 Å². The summed E-state index contributed by atoms with van der Waals surface area (Å²) in [7, 11) is 2.50. The van der Waals surface area contributed by atoms with Crippen molar-refractivity contribution in [1.29, 1.82) is 0 Å². The summed E-state index contributed by atoms with van der Waals surface area (Å²) in [6.45, 7) is 6.11. The zero-order chi connectivity index (χ0) is 21.1. The molecule has 0 spiro atoms. The molecule has 0 aromatic heterocycles. The Balaban J connectivity index is 0.000000426.